The minimum Gasteiger partial charge on any atom is -0.454 e. The zero-order chi connectivity index (χ0) is 19.6. The molecule has 1 saturated heterocycles. The lowest BCUT2D eigenvalue weighted by molar-refractivity contribution is 0.0475. The van der Waals surface area contributed by atoms with Gasteiger partial charge in [-0.05, 0) is 43.2 Å². The third-order valence-electron chi connectivity index (χ3n) is 4.03. The van der Waals surface area contributed by atoms with Gasteiger partial charge in [-0.3, -0.25) is 4.79 Å². The number of rotatable bonds is 6. The Kier molecular flexibility index (Phi) is 6.22. The molecule has 2 aromatic rings. The van der Waals surface area contributed by atoms with Crippen LogP contribution in [-0.2, 0) is 14.8 Å². The number of hydrogen-bond acceptors (Lipinski definition) is 6. The molecular formula is C17H15Cl2NO5S2. The molecule has 0 N–H and O–H groups in total. The molecule has 0 radical (unpaired) electrons. The first-order chi connectivity index (χ1) is 12.8. The van der Waals surface area contributed by atoms with E-state index in [4.69, 9.17) is 27.9 Å². The molecule has 0 atom stereocenters. The van der Waals surface area contributed by atoms with Crippen LogP contribution >= 0.6 is 34.5 Å². The van der Waals surface area contributed by atoms with Crippen LogP contribution in [-0.4, -0.2) is 44.2 Å². The molecule has 1 aromatic carbocycles. The van der Waals surface area contributed by atoms with Crippen LogP contribution in [0.25, 0.3) is 0 Å². The van der Waals surface area contributed by atoms with Crippen molar-refractivity contribution in [3.05, 3.63) is 50.1 Å². The van der Waals surface area contributed by atoms with Crippen LogP contribution in [0.4, 0.5) is 0 Å². The van der Waals surface area contributed by atoms with Gasteiger partial charge < -0.3 is 4.74 Å². The van der Waals surface area contributed by atoms with Crippen LogP contribution in [0.1, 0.15) is 32.9 Å². The highest BCUT2D eigenvalue weighted by molar-refractivity contribution is 7.89. The minimum absolute atomic E-state index is 0.00850. The lowest BCUT2D eigenvalue weighted by atomic mass is 10.2. The number of benzene rings is 1. The highest BCUT2D eigenvalue weighted by Crippen LogP contribution is 2.28. The van der Waals surface area contributed by atoms with Gasteiger partial charge in [-0.1, -0.05) is 23.2 Å². The average molecular weight is 448 g/mol. The highest BCUT2D eigenvalue weighted by Gasteiger charge is 2.30. The quantitative estimate of drug-likeness (QED) is 0.495. The van der Waals surface area contributed by atoms with E-state index in [1.54, 1.807) is 12.1 Å². The monoisotopic (exact) mass is 447 g/mol. The summed E-state index contributed by atoms with van der Waals surface area (Å²) in [5, 5.41) is 0.0303. The first kappa shape index (κ1) is 20.3. The summed E-state index contributed by atoms with van der Waals surface area (Å²) in [6, 6.07) is 7.01. The van der Waals surface area contributed by atoms with Crippen LogP contribution in [0.2, 0.25) is 9.36 Å². The highest BCUT2D eigenvalue weighted by atomic mass is 35.5. The number of carbonyl (C=O) groups excluding carboxylic acids is 2. The summed E-state index contributed by atoms with van der Waals surface area (Å²) < 4.78 is 32.2. The number of thiophene rings is 1. The van der Waals surface area contributed by atoms with Crippen molar-refractivity contribution in [3.8, 4) is 0 Å². The fourth-order valence-corrected chi connectivity index (χ4v) is 5.63. The van der Waals surface area contributed by atoms with Gasteiger partial charge >= 0.3 is 5.97 Å². The summed E-state index contributed by atoms with van der Waals surface area (Å²) in [4.78, 5) is 24.5. The summed E-state index contributed by atoms with van der Waals surface area (Å²) >= 11 is 12.9. The fraction of sp³-hybridized carbons (Fsp3) is 0.294. The zero-order valence-corrected chi connectivity index (χ0v) is 17.1. The number of nitrogens with zero attached hydrogens (tertiary/aromatic N) is 1. The van der Waals surface area contributed by atoms with Gasteiger partial charge in [0.15, 0.2) is 6.61 Å². The van der Waals surface area contributed by atoms with Crippen LogP contribution in [0.3, 0.4) is 0 Å². The molecule has 0 unspecified atom stereocenters. The molecule has 1 aliphatic heterocycles. The predicted octanol–water partition coefficient (Wildman–Crippen LogP) is 3.88. The van der Waals surface area contributed by atoms with E-state index in [1.165, 1.54) is 22.5 Å². The van der Waals surface area contributed by atoms with Crippen LogP contribution in [0, 0.1) is 0 Å². The van der Waals surface area contributed by atoms with Crippen molar-refractivity contribution < 1.29 is 22.7 Å². The van der Waals surface area contributed by atoms with Crippen LogP contribution in [0.15, 0.2) is 35.2 Å². The topological polar surface area (TPSA) is 80.8 Å². The number of ketones is 1. The molecule has 10 heteroatoms. The van der Waals surface area contributed by atoms with Crippen LogP contribution in [0.5, 0.6) is 0 Å². The third-order valence-corrected chi connectivity index (χ3v) is 7.68. The molecule has 27 heavy (non-hydrogen) atoms. The van der Waals surface area contributed by atoms with Gasteiger partial charge in [-0.25, -0.2) is 13.2 Å². The molecule has 0 aliphatic carbocycles. The number of hydrogen-bond donors (Lipinski definition) is 0. The van der Waals surface area contributed by atoms with Crippen molar-refractivity contribution in [2.24, 2.45) is 0 Å². The molecule has 6 nitrogen and oxygen atoms in total. The maximum atomic E-state index is 12.7. The number of Topliss-reactive ketones (excluding diaryl/α,β-unsaturated/α-hetero) is 1. The maximum Gasteiger partial charge on any atom is 0.338 e. The van der Waals surface area contributed by atoms with Crippen molar-refractivity contribution in [3.63, 3.8) is 0 Å². The standard InChI is InChI=1S/C17H15Cl2NO5S2/c18-12-4-3-11(9-15(12)27(23,24)20-7-1-2-8-20)17(22)25-10-13(21)14-5-6-16(19)26-14/h3-6,9H,1-2,7-8,10H2. The SMILES string of the molecule is O=C(OCC(=O)c1ccc(Cl)s1)c1ccc(Cl)c(S(=O)(=O)N2CCCC2)c1. The molecular weight excluding hydrogens is 433 g/mol. The second kappa shape index (κ2) is 8.28. The Bertz CT molecular complexity index is 981. The van der Waals surface area contributed by atoms with Crippen molar-refractivity contribution >= 4 is 56.3 Å². The Balaban J connectivity index is 1.75. The van der Waals surface area contributed by atoms with Gasteiger partial charge in [-0.15, -0.1) is 11.3 Å². The van der Waals surface area contributed by atoms with Gasteiger partial charge in [0.2, 0.25) is 15.8 Å². The second-order valence-electron chi connectivity index (χ2n) is 5.86. The largest absolute Gasteiger partial charge is 0.454 e. The smallest absolute Gasteiger partial charge is 0.338 e. The normalized spacial score (nSPS) is 15.0. The van der Waals surface area contributed by atoms with E-state index >= 15 is 0 Å². The van der Waals surface area contributed by atoms with E-state index < -0.39 is 22.6 Å². The summed E-state index contributed by atoms with van der Waals surface area (Å²) in [7, 11) is -3.78. The molecule has 0 bridgehead atoms. The number of sulfonamides is 1. The molecule has 144 valence electrons. The van der Waals surface area contributed by atoms with Crippen molar-refractivity contribution in [1.82, 2.24) is 4.31 Å². The molecule has 0 saturated carbocycles. The summed E-state index contributed by atoms with van der Waals surface area (Å²) in [6.45, 7) is 0.378. The van der Waals surface area contributed by atoms with E-state index in [0.717, 1.165) is 24.2 Å². The number of halogens is 2. The summed E-state index contributed by atoms with van der Waals surface area (Å²) in [5.74, 6) is -1.19. The zero-order valence-electron chi connectivity index (χ0n) is 14.0. The second-order valence-corrected chi connectivity index (χ2v) is 9.89. The van der Waals surface area contributed by atoms with Crippen molar-refractivity contribution in [2.45, 2.75) is 17.7 Å². The number of ether oxygens (including phenoxy) is 1. The Morgan fingerprint density at radius 3 is 2.44 bits per heavy atom. The lowest BCUT2D eigenvalue weighted by Gasteiger charge is -2.17. The van der Waals surface area contributed by atoms with E-state index in [2.05, 4.69) is 0 Å². The lowest BCUT2D eigenvalue weighted by Crippen LogP contribution is -2.28. The Morgan fingerprint density at radius 2 is 1.81 bits per heavy atom. The van der Waals surface area contributed by atoms with Gasteiger partial charge in [0.1, 0.15) is 4.90 Å². The van der Waals surface area contributed by atoms with Crippen molar-refractivity contribution in [2.75, 3.05) is 19.7 Å². The van der Waals surface area contributed by atoms with Crippen LogP contribution < -0.4 is 0 Å². The van der Waals surface area contributed by atoms with E-state index in [1.807, 2.05) is 0 Å². The molecule has 0 spiro atoms. The summed E-state index contributed by atoms with van der Waals surface area (Å²) in [5.41, 5.74) is 0.00850. The Labute approximate surface area is 170 Å². The molecule has 1 aliphatic rings. The number of esters is 1. The van der Waals surface area contributed by atoms with E-state index in [0.29, 0.717) is 22.3 Å². The molecule has 1 aromatic heterocycles. The fourth-order valence-electron chi connectivity index (χ4n) is 2.65. The van der Waals surface area contributed by atoms with Gasteiger partial charge in [-0.2, -0.15) is 4.31 Å². The van der Waals surface area contributed by atoms with Crippen molar-refractivity contribution in [1.29, 1.82) is 0 Å². The van der Waals surface area contributed by atoms with E-state index in [9.17, 15) is 18.0 Å². The molecule has 3 rings (SSSR count). The third kappa shape index (κ3) is 4.52. The molecule has 0 amide bonds. The number of carbonyl (C=O) groups is 2. The Morgan fingerprint density at radius 1 is 1.11 bits per heavy atom. The maximum absolute atomic E-state index is 12.7. The first-order valence-corrected chi connectivity index (χ1v) is 11.1. The minimum atomic E-state index is -3.78. The molecule has 1 fully saturated rings. The van der Waals surface area contributed by atoms with Gasteiger partial charge in [0, 0.05) is 13.1 Å². The first-order valence-electron chi connectivity index (χ1n) is 8.04. The predicted molar refractivity (Wildman–Crippen MR) is 103 cm³/mol. The Hall–Kier alpha value is -1.45. The van der Waals surface area contributed by atoms with Gasteiger partial charge in [0.05, 0.1) is 19.8 Å². The van der Waals surface area contributed by atoms with Gasteiger partial charge in [0.25, 0.3) is 0 Å². The summed E-state index contributed by atoms with van der Waals surface area (Å²) in [6.07, 6.45) is 1.57. The van der Waals surface area contributed by atoms with E-state index in [-0.39, 0.29) is 21.3 Å². The average Bonchev–Trinajstić information content (AvgIpc) is 3.31. The molecule has 2 heterocycles.